The Labute approximate surface area is 107 Å². The molecule has 1 aliphatic carbocycles. The van der Waals surface area contributed by atoms with Gasteiger partial charge >= 0.3 is 12.1 Å². The van der Waals surface area contributed by atoms with Gasteiger partial charge in [0.25, 0.3) is 0 Å². The molecule has 1 fully saturated rings. The summed E-state index contributed by atoms with van der Waals surface area (Å²) in [6, 6.07) is 0. The van der Waals surface area contributed by atoms with Gasteiger partial charge in [-0.05, 0) is 6.42 Å². The van der Waals surface area contributed by atoms with Crippen LogP contribution >= 0.6 is 11.3 Å². The van der Waals surface area contributed by atoms with Gasteiger partial charge in [-0.15, -0.1) is 11.3 Å². The molecule has 2 rings (SSSR count). The predicted octanol–water partition coefficient (Wildman–Crippen LogP) is 2.07. The topological polar surface area (TPSA) is 88.5 Å². The third-order valence-corrected chi connectivity index (χ3v) is 3.33. The number of nitrogens with one attached hydrogen (secondary N) is 1. The van der Waals surface area contributed by atoms with Gasteiger partial charge < -0.3 is 9.84 Å². The van der Waals surface area contributed by atoms with Gasteiger partial charge in [-0.2, -0.15) is 0 Å². The fourth-order valence-electron chi connectivity index (χ4n) is 1.57. The number of thiazole rings is 1. The lowest BCUT2D eigenvalue weighted by atomic mass is 10.2. The second-order valence-corrected chi connectivity index (χ2v) is 4.73. The number of anilines is 1. The highest BCUT2D eigenvalue weighted by Crippen LogP contribution is 2.47. The van der Waals surface area contributed by atoms with E-state index in [1.165, 1.54) is 17.4 Å². The van der Waals surface area contributed by atoms with Crippen molar-refractivity contribution in [3.05, 3.63) is 23.7 Å². The first-order chi connectivity index (χ1) is 8.61. The average Bonchev–Trinajstić information content (AvgIpc) is 3.01. The van der Waals surface area contributed by atoms with Gasteiger partial charge in [-0.1, -0.05) is 12.7 Å². The van der Waals surface area contributed by atoms with E-state index in [1.807, 2.05) is 0 Å². The van der Waals surface area contributed by atoms with Gasteiger partial charge in [0.05, 0.1) is 11.6 Å². The van der Waals surface area contributed by atoms with Crippen LogP contribution in [-0.4, -0.2) is 28.8 Å². The van der Waals surface area contributed by atoms with E-state index >= 15 is 0 Å². The van der Waals surface area contributed by atoms with Crippen LogP contribution in [0.4, 0.5) is 9.93 Å². The van der Waals surface area contributed by atoms with Crippen LogP contribution in [0.5, 0.6) is 0 Å². The monoisotopic (exact) mass is 268 g/mol. The summed E-state index contributed by atoms with van der Waals surface area (Å²) in [6.07, 6.45) is 1.48. The molecule has 96 valence electrons. The Morgan fingerprint density at radius 2 is 2.50 bits per heavy atom. The summed E-state index contributed by atoms with van der Waals surface area (Å²) in [5.74, 6) is -1.17. The minimum absolute atomic E-state index is 0.0292. The molecule has 0 aromatic carbocycles. The van der Waals surface area contributed by atoms with Crippen molar-refractivity contribution in [3.8, 4) is 0 Å². The maximum Gasteiger partial charge on any atom is 0.413 e. The fourth-order valence-corrected chi connectivity index (χ4v) is 2.33. The Balaban J connectivity index is 1.89. The van der Waals surface area contributed by atoms with Crippen LogP contribution in [0.25, 0.3) is 0 Å². The maximum absolute atomic E-state index is 11.2. The van der Waals surface area contributed by atoms with E-state index in [2.05, 4.69) is 16.9 Å². The standard InChI is InChI=1S/C11H12N2O4S/c1-2-3-17-11(16)13-10-12-8(5-18-10)6-4-7(6)9(14)15/h2,5-7H,1,3-4H2,(H,14,15)(H,12,13,16)/t6-,7-/m1/s1. The summed E-state index contributed by atoms with van der Waals surface area (Å²) in [4.78, 5) is 26.1. The quantitative estimate of drug-likeness (QED) is 0.798. The highest BCUT2D eigenvalue weighted by Gasteiger charge is 2.45. The molecule has 1 saturated carbocycles. The summed E-state index contributed by atoms with van der Waals surface area (Å²) in [7, 11) is 0. The van der Waals surface area contributed by atoms with Crippen molar-refractivity contribution in [2.24, 2.45) is 5.92 Å². The summed E-state index contributed by atoms with van der Waals surface area (Å²) < 4.78 is 4.74. The van der Waals surface area contributed by atoms with Crippen molar-refractivity contribution < 1.29 is 19.4 Å². The Bertz CT molecular complexity index is 485. The molecule has 7 heteroatoms. The predicted molar refractivity (Wildman–Crippen MR) is 65.8 cm³/mol. The number of aromatic nitrogens is 1. The zero-order chi connectivity index (χ0) is 13.1. The van der Waals surface area contributed by atoms with Gasteiger partial charge in [0.15, 0.2) is 5.13 Å². The number of ether oxygens (including phenoxy) is 1. The zero-order valence-corrected chi connectivity index (χ0v) is 10.3. The van der Waals surface area contributed by atoms with Crippen LogP contribution in [0, 0.1) is 5.92 Å². The highest BCUT2D eigenvalue weighted by molar-refractivity contribution is 7.13. The van der Waals surface area contributed by atoms with Crippen molar-refractivity contribution in [1.29, 1.82) is 0 Å². The van der Waals surface area contributed by atoms with E-state index in [4.69, 9.17) is 9.84 Å². The van der Waals surface area contributed by atoms with Crippen molar-refractivity contribution in [1.82, 2.24) is 4.98 Å². The van der Waals surface area contributed by atoms with E-state index in [9.17, 15) is 9.59 Å². The van der Waals surface area contributed by atoms with Crippen molar-refractivity contribution in [3.63, 3.8) is 0 Å². The van der Waals surface area contributed by atoms with E-state index < -0.39 is 12.1 Å². The average molecular weight is 268 g/mol. The largest absolute Gasteiger partial charge is 0.481 e. The van der Waals surface area contributed by atoms with E-state index in [-0.39, 0.29) is 18.4 Å². The van der Waals surface area contributed by atoms with E-state index in [1.54, 1.807) is 5.38 Å². The Hall–Kier alpha value is -1.89. The lowest BCUT2D eigenvalue weighted by Gasteiger charge is -2.00. The molecule has 1 aromatic rings. The molecule has 0 saturated heterocycles. The number of carbonyl (C=O) groups is 2. The molecule has 0 bridgehead atoms. The van der Waals surface area contributed by atoms with Crippen LogP contribution in [-0.2, 0) is 9.53 Å². The minimum Gasteiger partial charge on any atom is -0.481 e. The van der Waals surface area contributed by atoms with Crippen molar-refractivity contribution >= 4 is 28.5 Å². The molecule has 1 heterocycles. The molecule has 1 aromatic heterocycles. The molecule has 1 amide bonds. The molecule has 2 atom stereocenters. The van der Waals surface area contributed by atoms with Crippen LogP contribution in [0.2, 0.25) is 0 Å². The number of carbonyl (C=O) groups excluding carboxylic acids is 1. The molecule has 0 unspecified atom stereocenters. The number of rotatable bonds is 5. The van der Waals surface area contributed by atoms with Crippen LogP contribution < -0.4 is 5.32 Å². The molecular weight excluding hydrogens is 256 g/mol. The number of hydrogen-bond donors (Lipinski definition) is 2. The van der Waals surface area contributed by atoms with Gasteiger partial charge in [0, 0.05) is 11.3 Å². The van der Waals surface area contributed by atoms with Gasteiger partial charge in [-0.3, -0.25) is 10.1 Å². The Kier molecular flexibility index (Phi) is 3.61. The number of carboxylic acids is 1. The third kappa shape index (κ3) is 2.86. The number of hydrogen-bond acceptors (Lipinski definition) is 5. The van der Waals surface area contributed by atoms with E-state index in [0.29, 0.717) is 17.2 Å². The molecular formula is C11H12N2O4S. The summed E-state index contributed by atoms with van der Waals surface area (Å²) in [6.45, 7) is 3.56. The molecule has 6 nitrogen and oxygen atoms in total. The third-order valence-electron chi connectivity index (χ3n) is 2.55. The molecule has 1 aliphatic rings. The molecule has 0 radical (unpaired) electrons. The molecule has 0 aliphatic heterocycles. The Morgan fingerprint density at radius 3 is 3.11 bits per heavy atom. The number of aliphatic carboxylic acids is 1. The summed E-state index contributed by atoms with van der Waals surface area (Å²) in [5, 5.41) is 13.5. The number of carboxylic acid groups (broad SMARTS) is 1. The SMILES string of the molecule is C=CCOC(=O)Nc1nc([C@@H]2C[C@H]2C(=O)O)cs1. The van der Waals surface area contributed by atoms with Crippen molar-refractivity contribution in [2.75, 3.05) is 11.9 Å². The second kappa shape index (κ2) is 5.18. The molecule has 18 heavy (non-hydrogen) atoms. The van der Waals surface area contributed by atoms with Gasteiger partial charge in [0.1, 0.15) is 6.61 Å². The number of amides is 1. The lowest BCUT2D eigenvalue weighted by molar-refractivity contribution is -0.138. The van der Waals surface area contributed by atoms with Gasteiger partial charge in [-0.25, -0.2) is 9.78 Å². The summed E-state index contributed by atoms with van der Waals surface area (Å²) >= 11 is 1.25. The van der Waals surface area contributed by atoms with Crippen LogP contribution in [0.3, 0.4) is 0 Å². The van der Waals surface area contributed by atoms with Crippen LogP contribution in [0.15, 0.2) is 18.0 Å². The number of nitrogens with zero attached hydrogens (tertiary/aromatic N) is 1. The second-order valence-electron chi connectivity index (χ2n) is 3.88. The van der Waals surface area contributed by atoms with Crippen LogP contribution in [0.1, 0.15) is 18.0 Å². The summed E-state index contributed by atoms with van der Waals surface area (Å²) in [5.41, 5.74) is 0.714. The lowest BCUT2D eigenvalue weighted by Crippen LogP contribution is -2.13. The molecule has 0 spiro atoms. The Morgan fingerprint density at radius 1 is 1.72 bits per heavy atom. The smallest absolute Gasteiger partial charge is 0.413 e. The first-order valence-corrected chi connectivity index (χ1v) is 6.22. The molecule has 2 N–H and O–H groups in total. The zero-order valence-electron chi connectivity index (χ0n) is 9.46. The van der Waals surface area contributed by atoms with Crippen molar-refractivity contribution in [2.45, 2.75) is 12.3 Å². The maximum atomic E-state index is 11.2. The van der Waals surface area contributed by atoms with Gasteiger partial charge in [0.2, 0.25) is 0 Å². The van der Waals surface area contributed by atoms with E-state index in [0.717, 1.165) is 0 Å². The fraction of sp³-hybridized carbons (Fsp3) is 0.364. The minimum atomic E-state index is -0.798. The first kappa shape index (κ1) is 12.6. The first-order valence-electron chi connectivity index (χ1n) is 5.34. The highest BCUT2D eigenvalue weighted by atomic mass is 32.1. The normalized spacial score (nSPS) is 21.1.